The van der Waals surface area contributed by atoms with E-state index >= 15 is 0 Å². The van der Waals surface area contributed by atoms with E-state index in [0.717, 1.165) is 0 Å². The molecule has 0 bridgehead atoms. The second-order valence-electron chi connectivity index (χ2n) is 4.19. The molecule has 4 nitrogen and oxygen atoms in total. The summed E-state index contributed by atoms with van der Waals surface area (Å²) < 4.78 is 4.99. The molecule has 1 fully saturated rings. The van der Waals surface area contributed by atoms with Gasteiger partial charge >= 0.3 is 5.97 Å². The number of carboxylic acid groups (broad SMARTS) is 1. The molecule has 12 heavy (non-hydrogen) atoms. The average molecular weight is 174 g/mol. The molecule has 0 radical (unpaired) electrons. The molecule has 1 unspecified atom stereocenters. The van der Waals surface area contributed by atoms with Crippen molar-refractivity contribution in [2.75, 3.05) is 0 Å². The highest BCUT2D eigenvalue weighted by atomic mass is 16.8. The number of hydrogen-bond donors (Lipinski definition) is 2. The molecule has 1 aliphatic rings. The van der Waals surface area contributed by atoms with Gasteiger partial charge in [0.05, 0.1) is 0 Å². The lowest BCUT2D eigenvalue weighted by molar-refractivity contribution is -0.163. The van der Waals surface area contributed by atoms with Crippen LogP contribution in [0.4, 0.5) is 0 Å². The van der Waals surface area contributed by atoms with E-state index in [1.54, 1.807) is 13.8 Å². The Morgan fingerprint density at radius 1 is 1.42 bits per heavy atom. The van der Waals surface area contributed by atoms with Gasteiger partial charge in [0.15, 0.2) is 0 Å². The number of ether oxygens (including phenoxy) is 1. The maximum atomic E-state index is 10.8. The van der Waals surface area contributed by atoms with Crippen molar-refractivity contribution in [1.82, 2.24) is 0 Å². The van der Waals surface area contributed by atoms with Gasteiger partial charge in [-0.25, -0.2) is 0 Å². The van der Waals surface area contributed by atoms with E-state index in [-0.39, 0.29) is 0 Å². The largest absolute Gasteiger partial charge is 0.481 e. The molecule has 1 heterocycles. The number of carbonyl (C=O) groups is 1. The fraction of sp³-hybridized carbons (Fsp3) is 0.875. The molecule has 2 N–H and O–H groups in total. The molecule has 0 aromatic carbocycles. The minimum Gasteiger partial charge on any atom is -0.481 e. The first-order valence-electron chi connectivity index (χ1n) is 3.81. The second kappa shape index (κ2) is 2.00. The average Bonchev–Trinajstić information content (AvgIpc) is 2.33. The number of aliphatic hydroxyl groups is 1. The van der Waals surface area contributed by atoms with Crippen molar-refractivity contribution in [2.45, 2.75) is 39.1 Å². The van der Waals surface area contributed by atoms with Gasteiger partial charge in [-0.2, -0.15) is 0 Å². The lowest BCUT2D eigenvalue weighted by atomic mass is 9.81. The van der Waals surface area contributed by atoms with E-state index in [1.165, 1.54) is 13.8 Å². The maximum Gasteiger partial charge on any atom is 0.314 e. The van der Waals surface area contributed by atoms with Crippen LogP contribution < -0.4 is 0 Å². The standard InChI is InChI=1S/C8H14O4/c1-6(2,5(9)10)8(11)7(3,4)12-8/h11H,1-4H3,(H,9,10). The van der Waals surface area contributed by atoms with Crippen LogP contribution in [0.15, 0.2) is 0 Å². The van der Waals surface area contributed by atoms with Crippen molar-refractivity contribution in [2.24, 2.45) is 5.41 Å². The van der Waals surface area contributed by atoms with Crippen LogP contribution in [0.25, 0.3) is 0 Å². The zero-order valence-corrected chi connectivity index (χ0v) is 7.71. The number of carboxylic acids is 1. The molecule has 0 aliphatic carbocycles. The number of hydrogen-bond acceptors (Lipinski definition) is 3. The topological polar surface area (TPSA) is 70.1 Å². The van der Waals surface area contributed by atoms with Crippen LogP contribution in [0.5, 0.6) is 0 Å². The molecular formula is C8H14O4. The van der Waals surface area contributed by atoms with Crippen LogP contribution in [0, 0.1) is 5.41 Å². The summed E-state index contributed by atoms with van der Waals surface area (Å²) in [6, 6.07) is 0. The Morgan fingerprint density at radius 2 is 1.75 bits per heavy atom. The smallest absolute Gasteiger partial charge is 0.314 e. The van der Waals surface area contributed by atoms with E-state index in [2.05, 4.69) is 0 Å². The minimum atomic E-state index is -1.54. The van der Waals surface area contributed by atoms with Gasteiger partial charge in [0.1, 0.15) is 11.0 Å². The normalized spacial score (nSPS) is 33.1. The second-order valence-corrected chi connectivity index (χ2v) is 4.19. The molecule has 1 saturated heterocycles. The minimum absolute atomic E-state index is 0.755. The lowest BCUT2D eigenvalue weighted by Gasteiger charge is -2.24. The van der Waals surface area contributed by atoms with E-state index < -0.39 is 22.8 Å². The van der Waals surface area contributed by atoms with Crippen molar-refractivity contribution in [3.8, 4) is 0 Å². The molecule has 0 aromatic heterocycles. The third kappa shape index (κ3) is 0.881. The number of aliphatic carboxylic acids is 1. The molecule has 1 rings (SSSR count). The molecule has 1 aliphatic heterocycles. The number of epoxide rings is 1. The van der Waals surface area contributed by atoms with Crippen molar-refractivity contribution >= 4 is 5.97 Å². The van der Waals surface area contributed by atoms with Crippen molar-refractivity contribution in [3.05, 3.63) is 0 Å². The van der Waals surface area contributed by atoms with Gasteiger partial charge in [-0.3, -0.25) is 4.79 Å². The number of rotatable bonds is 2. The maximum absolute atomic E-state index is 10.8. The molecule has 0 saturated carbocycles. The quantitative estimate of drug-likeness (QED) is 0.601. The van der Waals surface area contributed by atoms with E-state index in [4.69, 9.17) is 9.84 Å². The van der Waals surface area contributed by atoms with Crippen LogP contribution in [-0.2, 0) is 9.53 Å². The Kier molecular flexibility index (Phi) is 1.58. The zero-order valence-electron chi connectivity index (χ0n) is 7.71. The molecule has 0 amide bonds. The van der Waals surface area contributed by atoms with E-state index in [0.29, 0.717) is 0 Å². The lowest BCUT2D eigenvalue weighted by Crippen LogP contribution is -2.43. The fourth-order valence-corrected chi connectivity index (χ4v) is 1.37. The Balaban J connectivity index is 2.93. The highest BCUT2D eigenvalue weighted by Crippen LogP contribution is 2.55. The van der Waals surface area contributed by atoms with Gasteiger partial charge < -0.3 is 14.9 Å². The van der Waals surface area contributed by atoms with Gasteiger partial charge in [-0.15, -0.1) is 0 Å². The van der Waals surface area contributed by atoms with Crippen molar-refractivity contribution < 1.29 is 19.7 Å². The van der Waals surface area contributed by atoms with Gasteiger partial charge in [-0.05, 0) is 27.7 Å². The third-order valence-corrected chi connectivity index (χ3v) is 2.56. The van der Waals surface area contributed by atoms with Crippen LogP contribution >= 0.6 is 0 Å². The van der Waals surface area contributed by atoms with Gasteiger partial charge in [0, 0.05) is 0 Å². The molecule has 0 aromatic rings. The zero-order chi connectivity index (χ0) is 9.78. The molecule has 4 heteroatoms. The van der Waals surface area contributed by atoms with Crippen molar-refractivity contribution in [1.29, 1.82) is 0 Å². The molecule has 70 valence electrons. The first-order chi connectivity index (χ1) is 5.15. The predicted octanol–water partition coefficient (Wildman–Crippen LogP) is 0.595. The molecular weight excluding hydrogens is 160 g/mol. The summed E-state index contributed by atoms with van der Waals surface area (Å²) in [4.78, 5) is 10.8. The van der Waals surface area contributed by atoms with Crippen LogP contribution in [0.3, 0.4) is 0 Å². The van der Waals surface area contributed by atoms with Crippen LogP contribution in [0.2, 0.25) is 0 Å². The summed E-state index contributed by atoms with van der Waals surface area (Å²) in [5.74, 6) is -2.60. The van der Waals surface area contributed by atoms with E-state index in [9.17, 15) is 9.90 Å². The van der Waals surface area contributed by atoms with Gasteiger partial charge in [-0.1, -0.05) is 0 Å². The van der Waals surface area contributed by atoms with Crippen LogP contribution in [0.1, 0.15) is 27.7 Å². The first kappa shape index (κ1) is 9.48. The summed E-state index contributed by atoms with van der Waals surface area (Å²) in [6.07, 6.45) is 0. The van der Waals surface area contributed by atoms with Gasteiger partial charge in [0.2, 0.25) is 5.79 Å². The summed E-state index contributed by atoms with van der Waals surface area (Å²) >= 11 is 0. The Labute approximate surface area is 71.2 Å². The first-order valence-corrected chi connectivity index (χ1v) is 3.81. The SMILES string of the molecule is CC1(C)OC1(O)C(C)(C)C(=O)O. The highest BCUT2D eigenvalue weighted by molar-refractivity contribution is 5.76. The van der Waals surface area contributed by atoms with E-state index in [1.807, 2.05) is 0 Å². The summed E-state index contributed by atoms with van der Waals surface area (Å²) in [6.45, 7) is 6.23. The predicted molar refractivity (Wildman–Crippen MR) is 41.5 cm³/mol. The summed E-state index contributed by atoms with van der Waals surface area (Å²) in [5.41, 5.74) is -2.02. The highest BCUT2D eigenvalue weighted by Gasteiger charge is 2.73. The Morgan fingerprint density at radius 3 is 1.83 bits per heavy atom. The fourth-order valence-electron chi connectivity index (χ4n) is 1.37. The molecule has 1 atom stereocenters. The third-order valence-electron chi connectivity index (χ3n) is 2.56. The Bertz CT molecular complexity index is 231. The summed E-state index contributed by atoms with van der Waals surface area (Å²) in [5, 5.41) is 18.6. The van der Waals surface area contributed by atoms with Gasteiger partial charge in [0.25, 0.3) is 0 Å². The van der Waals surface area contributed by atoms with Crippen molar-refractivity contribution in [3.63, 3.8) is 0 Å². The summed E-state index contributed by atoms with van der Waals surface area (Å²) in [7, 11) is 0. The van der Waals surface area contributed by atoms with Crippen LogP contribution in [-0.4, -0.2) is 27.6 Å². The molecule has 0 spiro atoms. The monoisotopic (exact) mass is 174 g/mol. The Hall–Kier alpha value is -0.610.